The molecule has 0 atom stereocenters. The van der Waals surface area contributed by atoms with Crippen molar-refractivity contribution < 1.29 is 9.53 Å². The van der Waals surface area contributed by atoms with Crippen molar-refractivity contribution in [1.82, 2.24) is 10.3 Å². The van der Waals surface area contributed by atoms with E-state index in [1.807, 2.05) is 24.3 Å². The predicted molar refractivity (Wildman–Crippen MR) is 74.7 cm³/mol. The van der Waals surface area contributed by atoms with Gasteiger partial charge in [0, 0.05) is 19.0 Å². The third kappa shape index (κ3) is 3.42. The van der Waals surface area contributed by atoms with Crippen LogP contribution in [-0.4, -0.2) is 31.2 Å². The number of rotatable bonds is 5. The number of benzene rings is 1. The molecule has 3 N–H and O–H groups in total. The third-order valence-corrected chi connectivity index (χ3v) is 2.78. The van der Waals surface area contributed by atoms with Gasteiger partial charge in [0.05, 0.1) is 29.9 Å². The number of hydrogen-bond acceptors (Lipinski definition) is 4. The number of nitrogens with zero attached hydrogens (tertiary/aromatic N) is 1. The highest BCUT2D eigenvalue weighted by molar-refractivity contribution is 5.89. The highest BCUT2D eigenvalue weighted by atomic mass is 16.5. The Kier molecular flexibility index (Phi) is 4.30. The number of para-hydroxylation sites is 1. The number of carbonyl (C=O) groups is 1. The zero-order valence-electron chi connectivity index (χ0n) is 10.8. The topological polar surface area (TPSA) is 77.2 Å². The molecule has 0 aliphatic carbocycles. The Bertz CT molecular complexity index is 584. The van der Waals surface area contributed by atoms with Crippen molar-refractivity contribution in [3.63, 3.8) is 0 Å². The molecule has 5 nitrogen and oxygen atoms in total. The number of pyridine rings is 1. The van der Waals surface area contributed by atoms with Gasteiger partial charge < -0.3 is 15.8 Å². The van der Waals surface area contributed by atoms with Crippen LogP contribution < -0.4 is 11.1 Å². The van der Waals surface area contributed by atoms with Crippen LogP contribution in [0, 0.1) is 0 Å². The molecule has 0 bridgehead atoms. The molecule has 0 unspecified atom stereocenters. The fourth-order valence-electron chi connectivity index (χ4n) is 1.83. The molecule has 2 rings (SSSR count). The second kappa shape index (κ2) is 6.15. The average molecular weight is 259 g/mol. The molecule has 0 saturated heterocycles. The van der Waals surface area contributed by atoms with Gasteiger partial charge in [0.15, 0.2) is 0 Å². The van der Waals surface area contributed by atoms with Crippen LogP contribution in [0.5, 0.6) is 0 Å². The fraction of sp³-hybridized carbons (Fsp3) is 0.286. The zero-order valence-corrected chi connectivity index (χ0v) is 10.8. The lowest BCUT2D eigenvalue weighted by Crippen LogP contribution is -2.28. The normalized spacial score (nSPS) is 10.6. The van der Waals surface area contributed by atoms with Gasteiger partial charge in [0.1, 0.15) is 0 Å². The van der Waals surface area contributed by atoms with Crippen molar-refractivity contribution in [1.29, 1.82) is 0 Å². The van der Waals surface area contributed by atoms with Gasteiger partial charge >= 0.3 is 0 Å². The molecule has 1 aromatic carbocycles. The largest absolute Gasteiger partial charge is 0.397 e. The predicted octanol–water partition coefficient (Wildman–Crippen LogP) is 1.12. The molecule has 0 spiro atoms. The summed E-state index contributed by atoms with van der Waals surface area (Å²) in [6.45, 7) is 1.01. The third-order valence-electron chi connectivity index (χ3n) is 2.78. The van der Waals surface area contributed by atoms with Gasteiger partial charge in [-0.1, -0.05) is 18.2 Å². The lowest BCUT2D eigenvalue weighted by Gasteiger charge is -2.06. The lowest BCUT2D eigenvalue weighted by molar-refractivity contribution is -0.120. The van der Waals surface area contributed by atoms with Crippen molar-refractivity contribution in [2.75, 3.05) is 26.0 Å². The monoisotopic (exact) mass is 259 g/mol. The number of anilines is 1. The molecule has 2 aromatic rings. The number of methoxy groups -OCH3 is 1. The smallest absolute Gasteiger partial charge is 0.226 e. The number of amides is 1. The van der Waals surface area contributed by atoms with Gasteiger partial charge in [0.25, 0.3) is 0 Å². The maximum atomic E-state index is 11.7. The van der Waals surface area contributed by atoms with Crippen LogP contribution >= 0.6 is 0 Å². The van der Waals surface area contributed by atoms with E-state index in [9.17, 15) is 4.79 Å². The number of hydrogen-bond donors (Lipinski definition) is 2. The van der Waals surface area contributed by atoms with Gasteiger partial charge in [0.2, 0.25) is 5.91 Å². The second-order valence-electron chi connectivity index (χ2n) is 4.24. The van der Waals surface area contributed by atoms with Crippen LogP contribution in [0.1, 0.15) is 5.69 Å². The molecule has 100 valence electrons. The number of nitrogens with two attached hydrogens (primary N) is 1. The van der Waals surface area contributed by atoms with Gasteiger partial charge in [-0.2, -0.15) is 0 Å². The van der Waals surface area contributed by atoms with E-state index in [-0.39, 0.29) is 12.3 Å². The Morgan fingerprint density at radius 1 is 1.37 bits per heavy atom. The zero-order chi connectivity index (χ0) is 13.7. The molecule has 5 heteroatoms. The van der Waals surface area contributed by atoms with Crippen LogP contribution in [0.3, 0.4) is 0 Å². The number of fused-ring (bicyclic) bond motifs is 1. The second-order valence-corrected chi connectivity index (χ2v) is 4.24. The fourth-order valence-corrected chi connectivity index (χ4v) is 1.83. The molecule has 0 saturated carbocycles. The number of aromatic nitrogens is 1. The highest BCUT2D eigenvalue weighted by Crippen LogP contribution is 2.18. The van der Waals surface area contributed by atoms with Gasteiger partial charge in [-0.15, -0.1) is 0 Å². The van der Waals surface area contributed by atoms with Gasteiger partial charge in [-0.25, -0.2) is 0 Å². The number of carbonyl (C=O) groups excluding carboxylic acids is 1. The van der Waals surface area contributed by atoms with E-state index in [0.29, 0.717) is 24.5 Å². The summed E-state index contributed by atoms with van der Waals surface area (Å²) in [6.07, 6.45) is 0.244. The molecular weight excluding hydrogens is 242 g/mol. The Labute approximate surface area is 111 Å². The maximum Gasteiger partial charge on any atom is 0.226 e. The van der Waals surface area contributed by atoms with E-state index >= 15 is 0 Å². The molecule has 0 fully saturated rings. The minimum Gasteiger partial charge on any atom is -0.397 e. The first kappa shape index (κ1) is 13.3. The Balaban J connectivity index is 2.09. The summed E-state index contributed by atoms with van der Waals surface area (Å²) < 4.78 is 4.87. The van der Waals surface area contributed by atoms with E-state index in [1.54, 1.807) is 13.2 Å². The van der Waals surface area contributed by atoms with Gasteiger partial charge in [-0.05, 0) is 12.1 Å². The van der Waals surface area contributed by atoms with Crippen LogP contribution in [0.25, 0.3) is 10.9 Å². The van der Waals surface area contributed by atoms with E-state index < -0.39 is 0 Å². The number of nitrogen functional groups attached to an aromatic ring is 1. The standard InChI is InChI=1S/C14H17N3O2/c1-19-8-7-16-13(18)9-11-6-5-10-3-2-4-12(15)14(10)17-11/h2-6H,7-9,15H2,1H3,(H,16,18). The van der Waals surface area contributed by atoms with Crippen LogP contribution in [0.2, 0.25) is 0 Å². The molecule has 0 aliphatic rings. The summed E-state index contributed by atoms with van der Waals surface area (Å²) >= 11 is 0. The van der Waals surface area contributed by atoms with E-state index in [0.717, 1.165) is 10.9 Å². The number of ether oxygens (including phenoxy) is 1. The summed E-state index contributed by atoms with van der Waals surface area (Å²) in [4.78, 5) is 16.1. The summed E-state index contributed by atoms with van der Waals surface area (Å²) in [5.41, 5.74) is 7.95. The molecule has 0 aliphatic heterocycles. The molecule has 19 heavy (non-hydrogen) atoms. The quantitative estimate of drug-likeness (QED) is 0.623. The first-order chi connectivity index (χ1) is 9.20. The van der Waals surface area contributed by atoms with Crippen molar-refractivity contribution >= 4 is 22.5 Å². The lowest BCUT2D eigenvalue weighted by atomic mass is 10.1. The van der Waals surface area contributed by atoms with Crippen LogP contribution in [0.4, 0.5) is 5.69 Å². The summed E-state index contributed by atoms with van der Waals surface area (Å²) in [5.74, 6) is -0.0709. The van der Waals surface area contributed by atoms with Crippen LogP contribution in [-0.2, 0) is 16.0 Å². The SMILES string of the molecule is COCCNC(=O)Cc1ccc2cccc(N)c2n1. The van der Waals surface area contributed by atoms with E-state index in [4.69, 9.17) is 10.5 Å². The number of nitrogens with one attached hydrogen (secondary N) is 1. The summed E-state index contributed by atoms with van der Waals surface area (Å²) in [6, 6.07) is 9.41. The van der Waals surface area contributed by atoms with Gasteiger partial charge in [-0.3, -0.25) is 9.78 Å². The first-order valence-electron chi connectivity index (χ1n) is 6.10. The minimum atomic E-state index is -0.0709. The minimum absolute atomic E-state index is 0.0709. The Morgan fingerprint density at radius 2 is 2.21 bits per heavy atom. The summed E-state index contributed by atoms with van der Waals surface area (Å²) in [5, 5.41) is 3.74. The summed E-state index contributed by atoms with van der Waals surface area (Å²) in [7, 11) is 1.60. The molecule has 1 heterocycles. The van der Waals surface area contributed by atoms with Crippen molar-refractivity contribution in [3.05, 3.63) is 36.0 Å². The first-order valence-corrected chi connectivity index (χ1v) is 6.10. The molecule has 0 radical (unpaired) electrons. The van der Waals surface area contributed by atoms with Crippen LogP contribution in [0.15, 0.2) is 30.3 Å². The maximum absolute atomic E-state index is 11.7. The van der Waals surface area contributed by atoms with Crippen molar-refractivity contribution in [2.45, 2.75) is 6.42 Å². The highest BCUT2D eigenvalue weighted by Gasteiger charge is 2.06. The molecule has 1 amide bonds. The van der Waals surface area contributed by atoms with Crippen molar-refractivity contribution in [2.24, 2.45) is 0 Å². The molecular formula is C14H17N3O2. The van der Waals surface area contributed by atoms with E-state index in [2.05, 4.69) is 10.3 Å². The molecule has 1 aromatic heterocycles. The van der Waals surface area contributed by atoms with E-state index in [1.165, 1.54) is 0 Å². The van der Waals surface area contributed by atoms with Crippen molar-refractivity contribution in [3.8, 4) is 0 Å². The average Bonchev–Trinajstić information content (AvgIpc) is 2.40. The Morgan fingerprint density at radius 3 is 3.00 bits per heavy atom. The Hall–Kier alpha value is -2.14.